The first kappa shape index (κ1) is 13.1. The standard InChI is InChI=1S/C15H23N3/c1-12(17-13(2)16)15-8-9-18(11-15)10-14-6-4-3-5-7-14/h3-7,12,15H,8-11H2,1-2H3,(H2,16,17). The lowest BCUT2D eigenvalue weighted by molar-refractivity contribution is 0.309. The Kier molecular flexibility index (Phi) is 4.37. The maximum absolute atomic E-state index is 5.66. The molecule has 1 aromatic carbocycles. The summed E-state index contributed by atoms with van der Waals surface area (Å²) in [4.78, 5) is 6.98. The van der Waals surface area contributed by atoms with Gasteiger partial charge >= 0.3 is 0 Å². The van der Waals surface area contributed by atoms with Gasteiger partial charge in [-0.2, -0.15) is 0 Å². The lowest BCUT2D eigenvalue weighted by Gasteiger charge is -2.18. The number of hydrogen-bond donors (Lipinski definition) is 1. The van der Waals surface area contributed by atoms with Gasteiger partial charge in [0.05, 0.1) is 11.9 Å². The molecule has 0 radical (unpaired) electrons. The monoisotopic (exact) mass is 245 g/mol. The van der Waals surface area contributed by atoms with Crippen molar-refractivity contribution >= 4 is 5.84 Å². The number of aliphatic imine (C=N–C) groups is 1. The van der Waals surface area contributed by atoms with Crippen LogP contribution in [0.4, 0.5) is 0 Å². The average Bonchev–Trinajstić information content (AvgIpc) is 2.78. The predicted octanol–water partition coefficient (Wildman–Crippen LogP) is 2.27. The molecule has 0 saturated carbocycles. The van der Waals surface area contributed by atoms with Gasteiger partial charge in [0.15, 0.2) is 0 Å². The first-order valence-electron chi connectivity index (χ1n) is 6.71. The molecule has 2 unspecified atom stereocenters. The van der Waals surface area contributed by atoms with Crippen LogP contribution < -0.4 is 5.73 Å². The predicted molar refractivity (Wildman–Crippen MR) is 76.6 cm³/mol. The maximum Gasteiger partial charge on any atom is 0.0909 e. The highest BCUT2D eigenvalue weighted by Gasteiger charge is 2.26. The van der Waals surface area contributed by atoms with Crippen LogP contribution in [0.2, 0.25) is 0 Å². The van der Waals surface area contributed by atoms with Gasteiger partial charge in [-0.15, -0.1) is 0 Å². The van der Waals surface area contributed by atoms with Gasteiger partial charge in [-0.05, 0) is 38.3 Å². The highest BCUT2D eigenvalue weighted by atomic mass is 15.1. The van der Waals surface area contributed by atoms with E-state index in [1.807, 2.05) is 6.92 Å². The van der Waals surface area contributed by atoms with Crippen LogP contribution in [0.15, 0.2) is 35.3 Å². The van der Waals surface area contributed by atoms with Crippen molar-refractivity contribution in [3.8, 4) is 0 Å². The van der Waals surface area contributed by atoms with Crippen LogP contribution in [-0.4, -0.2) is 29.9 Å². The molecule has 3 heteroatoms. The van der Waals surface area contributed by atoms with E-state index in [2.05, 4.69) is 47.1 Å². The Morgan fingerprint density at radius 2 is 2.17 bits per heavy atom. The molecular formula is C15H23N3. The van der Waals surface area contributed by atoms with Crippen molar-refractivity contribution in [2.75, 3.05) is 13.1 Å². The molecule has 1 aliphatic rings. The largest absolute Gasteiger partial charge is 0.388 e. The second kappa shape index (κ2) is 6.01. The zero-order valence-corrected chi connectivity index (χ0v) is 11.3. The Balaban J connectivity index is 1.87. The zero-order chi connectivity index (χ0) is 13.0. The molecule has 2 rings (SSSR count). The van der Waals surface area contributed by atoms with E-state index < -0.39 is 0 Å². The topological polar surface area (TPSA) is 41.6 Å². The van der Waals surface area contributed by atoms with E-state index in [0.717, 1.165) is 13.1 Å². The van der Waals surface area contributed by atoms with E-state index in [1.165, 1.54) is 18.5 Å². The minimum atomic E-state index is 0.343. The Hall–Kier alpha value is -1.35. The summed E-state index contributed by atoms with van der Waals surface area (Å²) < 4.78 is 0. The maximum atomic E-state index is 5.66. The number of nitrogens with zero attached hydrogens (tertiary/aromatic N) is 2. The van der Waals surface area contributed by atoms with Gasteiger partial charge in [0.1, 0.15) is 0 Å². The minimum Gasteiger partial charge on any atom is -0.388 e. The second-order valence-corrected chi connectivity index (χ2v) is 5.28. The Morgan fingerprint density at radius 3 is 2.83 bits per heavy atom. The number of amidine groups is 1. The van der Waals surface area contributed by atoms with Crippen LogP contribution in [0.5, 0.6) is 0 Å². The Bertz CT molecular complexity index is 395. The molecule has 0 aliphatic carbocycles. The lowest BCUT2D eigenvalue weighted by Crippen LogP contribution is -2.24. The van der Waals surface area contributed by atoms with Gasteiger partial charge < -0.3 is 5.73 Å². The van der Waals surface area contributed by atoms with E-state index in [4.69, 9.17) is 5.73 Å². The molecule has 1 saturated heterocycles. The van der Waals surface area contributed by atoms with Crippen LogP contribution in [0.1, 0.15) is 25.8 Å². The fourth-order valence-corrected chi connectivity index (χ4v) is 2.67. The van der Waals surface area contributed by atoms with Crippen molar-refractivity contribution < 1.29 is 0 Å². The molecule has 3 nitrogen and oxygen atoms in total. The average molecular weight is 245 g/mol. The van der Waals surface area contributed by atoms with E-state index >= 15 is 0 Å². The van der Waals surface area contributed by atoms with Crippen LogP contribution in [-0.2, 0) is 6.54 Å². The van der Waals surface area contributed by atoms with Crippen LogP contribution in [0.3, 0.4) is 0 Å². The molecule has 0 bridgehead atoms. The van der Waals surface area contributed by atoms with Crippen molar-refractivity contribution in [3.63, 3.8) is 0 Å². The Morgan fingerprint density at radius 1 is 1.44 bits per heavy atom. The second-order valence-electron chi connectivity index (χ2n) is 5.28. The van der Waals surface area contributed by atoms with Gasteiger partial charge in [0.25, 0.3) is 0 Å². The van der Waals surface area contributed by atoms with E-state index in [1.54, 1.807) is 0 Å². The molecule has 18 heavy (non-hydrogen) atoms. The van der Waals surface area contributed by atoms with Crippen LogP contribution >= 0.6 is 0 Å². The number of likely N-dealkylation sites (tertiary alicyclic amines) is 1. The number of hydrogen-bond acceptors (Lipinski definition) is 2. The molecule has 2 atom stereocenters. The van der Waals surface area contributed by atoms with Gasteiger partial charge in [-0.1, -0.05) is 30.3 Å². The van der Waals surface area contributed by atoms with Crippen molar-refractivity contribution in [2.24, 2.45) is 16.6 Å². The van der Waals surface area contributed by atoms with E-state index in [9.17, 15) is 0 Å². The summed E-state index contributed by atoms with van der Waals surface area (Å²) in [5, 5.41) is 0. The van der Waals surface area contributed by atoms with Gasteiger partial charge in [0, 0.05) is 13.1 Å². The highest BCUT2D eigenvalue weighted by molar-refractivity contribution is 5.77. The molecular weight excluding hydrogens is 222 g/mol. The summed E-state index contributed by atoms with van der Waals surface area (Å²) in [6.45, 7) is 7.39. The van der Waals surface area contributed by atoms with Crippen molar-refractivity contribution in [2.45, 2.75) is 32.9 Å². The van der Waals surface area contributed by atoms with Crippen LogP contribution in [0, 0.1) is 5.92 Å². The van der Waals surface area contributed by atoms with Crippen LogP contribution in [0.25, 0.3) is 0 Å². The summed E-state index contributed by atoms with van der Waals surface area (Å²) in [5.74, 6) is 1.34. The molecule has 1 aliphatic heterocycles. The first-order valence-corrected chi connectivity index (χ1v) is 6.71. The summed E-state index contributed by atoms with van der Waals surface area (Å²) in [5.41, 5.74) is 7.05. The highest BCUT2D eigenvalue weighted by Crippen LogP contribution is 2.23. The number of rotatable bonds is 4. The summed E-state index contributed by atoms with van der Waals surface area (Å²) in [6.07, 6.45) is 1.23. The fraction of sp³-hybridized carbons (Fsp3) is 0.533. The fourth-order valence-electron chi connectivity index (χ4n) is 2.67. The molecule has 1 aromatic rings. The first-order chi connectivity index (χ1) is 8.65. The number of nitrogens with two attached hydrogens (primary N) is 1. The van der Waals surface area contributed by atoms with Gasteiger partial charge in [-0.25, -0.2) is 0 Å². The SMILES string of the molecule is CC(N)=NC(C)C1CCN(Cc2ccccc2)C1. The number of benzene rings is 1. The minimum absolute atomic E-state index is 0.343. The molecule has 1 heterocycles. The molecule has 0 amide bonds. The van der Waals surface area contributed by atoms with Crippen molar-refractivity contribution in [1.82, 2.24) is 4.90 Å². The van der Waals surface area contributed by atoms with Gasteiger partial charge in [0.2, 0.25) is 0 Å². The molecule has 98 valence electrons. The third-order valence-corrected chi connectivity index (χ3v) is 3.65. The molecule has 1 fully saturated rings. The third kappa shape index (κ3) is 3.57. The van der Waals surface area contributed by atoms with Crippen molar-refractivity contribution in [3.05, 3.63) is 35.9 Å². The lowest BCUT2D eigenvalue weighted by atomic mass is 10.0. The summed E-state index contributed by atoms with van der Waals surface area (Å²) >= 11 is 0. The summed E-state index contributed by atoms with van der Waals surface area (Å²) in [6, 6.07) is 11.0. The molecule has 0 aromatic heterocycles. The van der Waals surface area contributed by atoms with E-state index in [-0.39, 0.29) is 0 Å². The van der Waals surface area contributed by atoms with E-state index in [0.29, 0.717) is 17.8 Å². The molecule has 0 spiro atoms. The zero-order valence-electron chi connectivity index (χ0n) is 11.3. The molecule has 2 N–H and O–H groups in total. The third-order valence-electron chi connectivity index (χ3n) is 3.65. The summed E-state index contributed by atoms with van der Waals surface area (Å²) in [7, 11) is 0. The van der Waals surface area contributed by atoms with Crippen molar-refractivity contribution in [1.29, 1.82) is 0 Å². The smallest absolute Gasteiger partial charge is 0.0909 e. The Labute approximate surface area is 110 Å². The normalized spacial score (nSPS) is 23.2. The quantitative estimate of drug-likeness (QED) is 0.653. The van der Waals surface area contributed by atoms with Gasteiger partial charge in [-0.3, -0.25) is 9.89 Å².